The highest BCUT2D eigenvalue weighted by Crippen LogP contribution is 2.19. The Balaban J connectivity index is 2.02. The Labute approximate surface area is 137 Å². The maximum atomic E-state index is 12.8. The molecule has 1 aromatic carbocycles. The average Bonchev–Trinajstić information content (AvgIpc) is 2.71. The van der Waals surface area contributed by atoms with Gasteiger partial charge in [-0.1, -0.05) is 17.7 Å². The van der Waals surface area contributed by atoms with Crippen molar-refractivity contribution in [1.29, 1.82) is 0 Å². The first-order chi connectivity index (χ1) is 10.9. The molecule has 1 aromatic rings. The van der Waals surface area contributed by atoms with E-state index in [0.29, 0.717) is 6.54 Å². The number of carboxylic acid groups (broad SMARTS) is 1. The van der Waals surface area contributed by atoms with E-state index < -0.39 is 5.97 Å². The van der Waals surface area contributed by atoms with Gasteiger partial charge in [-0.2, -0.15) is 0 Å². The Hall–Kier alpha value is -1.88. The summed E-state index contributed by atoms with van der Waals surface area (Å²) in [4.78, 5) is 27.4. The van der Waals surface area contributed by atoms with Crippen LogP contribution in [0.15, 0.2) is 18.2 Å². The number of nitrogens with zero attached hydrogens (tertiary/aromatic N) is 2. The molecule has 0 radical (unpaired) electrons. The highest BCUT2D eigenvalue weighted by Gasteiger charge is 2.25. The number of hydrogen-bond donors (Lipinski definition) is 1. The molecule has 0 saturated carbocycles. The molecular weight excluding hydrogens is 292 g/mol. The molecule has 0 aliphatic carbocycles. The Morgan fingerprint density at radius 3 is 2.65 bits per heavy atom. The number of benzene rings is 1. The summed E-state index contributed by atoms with van der Waals surface area (Å²) in [6.07, 6.45) is 2.66. The molecule has 1 N–H and O–H groups in total. The molecule has 5 nitrogen and oxygen atoms in total. The molecule has 1 saturated heterocycles. The van der Waals surface area contributed by atoms with Gasteiger partial charge in [-0.3, -0.25) is 14.5 Å². The van der Waals surface area contributed by atoms with Crippen LogP contribution in [0.1, 0.15) is 40.7 Å². The van der Waals surface area contributed by atoms with Crippen LogP contribution in [-0.2, 0) is 4.79 Å². The Morgan fingerprint density at radius 2 is 2.00 bits per heavy atom. The molecule has 5 heteroatoms. The van der Waals surface area contributed by atoms with Crippen molar-refractivity contribution in [3.05, 3.63) is 34.9 Å². The molecule has 1 aliphatic rings. The standard InChI is InChI=1S/C18H26N2O3/c1-13-6-7-16(14(2)11-13)18(23)20-9-4-5-15(8-10-20)19(3)12-17(21)22/h6-7,11,15H,4-5,8-10,12H2,1-3H3,(H,21,22)/t15-/m1/s1. The number of amides is 1. The van der Waals surface area contributed by atoms with E-state index in [-0.39, 0.29) is 18.5 Å². The molecule has 1 heterocycles. The van der Waals surface area contributed by atoms with Crippen molar-refractivity contribution < 1.29 is 14.7 Å². The van der Waals surface area contributed by atoms with E-state index in [2.05, 4.69) is 0 Å². The molecule has 0 unspecified atom stereocenters. The molecule has 0 bridgehead atoms. The smallest absolute Gasteiger partial charge is 0.317 e. The van der Waals surface area contributed by atoms with Crippen molar-refractivity contribution in [2.45, 2.75) is 39.2 Å². The number of likely N-dealkylation sites (tertiary alicyclic amines) is 1. The fraction of sp³-hybridized carbons (Fsp3) is 0.556. The third kappa shape index (κ3) is 4.55. The van der Waals surface area contributed by atoms with Gasteiger partial charge in [0, 0.05) is 24.7 Å². The van der Waals surface area contributed by atoms with Gasteiger partial charge in [0.2, 0.25) is 0 Å². The van der Waals surface area contributed by atoms with Crippen molar-refractivity contribution in [1.82, 2.24) is 9.80 Å². The number of carboxylic acids is 1. The molecule has 2 rings (SSSR count). The molecule has 1 aliphatic heterocycles. The zero-order chi connectivity index (χ0) is 17.0. The van der Waals surface area contributed by atoms with Crippen molar-refractivity contribution >= 4 is 11.9 Å². The summed E-state index contributed by atoms with van der Waals surface area (Å²) >= 11 is 0. The average molecular weight is 318 g/mol. The minimum atomic E-state index is -0.806. The van der Waals surface area contributed by atoms with Crippen molar-refractivity contribution in [3.63, 3.8) is 0 Å². The van der Waals surface area contributed by atoms with Crippen LogP contribution in [-0.4, -0.2) is 59.5 Å². The number of carbonyl (C=O) groups is 2. The highest BCUT2D eigenvalue weighted by molar-refractivity contribution is 5.95. The summed E-state index contributed by atoms with van der Waals surface area (Å²) in [6.45, 7) is 5.47. The van der Waals surface area contributed by atoms with E-state index in [4.69, 9.17) is 5.11 Å². The van der Waals surface area contributed by atoms with Crippen LogP contribution in [0.4, 0.5) is 0 Å². The summed E-state index contributed by atoms with van der Waals surface area (Å²) in [5.74, 6) is -0.719. The molecule has 126 valence electrons. The Morgan fingerprint density at radius 1 is 1.26 bits per heavy atom. The third-order valence-corrected chi connectivity index (χ3v) is 4.61. The molecule has 1 fully saturated rings. The van der Waals surface area contributed by atoms with Gasteiger partial charge in [-0.05, 0) is 51.8 Å². The maximum Gasteiger partial charge on any atom is 0.317 e. The lowest BCUT2D eigenvalue weighted by Gasteiger charge is -2.26. The first-order valence-corrected chi connectivity index (χ1v) is 8.17. The predicted molar refractivity (Wildman–Crippen MR) is 89.7 cm³/mol. The number of aryl methyl sites for hydroxylation is 2. The predicted octanol–water partition coefficient (Wildman–Crippen LogP) is 2.31. The first kappa shape index (κ1) is 17.5. The van der Waals surface area contributed by atoms with Gasteiger partial charge >= 0.3 is 5.97 Å². The molecule has 1 atom stereocenters. The normalized spacial score (nSPS) is 18.8. The molecule has 23 heavy (non-hydrogen) atoms. The number of carbonyl (C=O) groups excluding carboxylic acids is 1. The molecule has 0 spiro atoms. The summed E-state index contributed by atoms with van der Waals surface area (Å²) in [5.41, 5.74) is 2.94. The molecule has 1 amide bonds. The van der Waals surface area contributed by atoms with Crippen LogP contribution in [0.3, 0.4) is 0 Å². The molecule has 0 aromatic heterocycles. The monoisotopic (exact) mass is 318 g/mol. The van der Waals surface area contributed by atoms with E-state index in [1.54, 1.807) is 0 Å². The van der Waals surface area contributed by atoms with Crippen molar-refractivity contribution in [2.24, 2.45) is 0 Å². The SMILES string of the molecule is Cc1ccc(C(=O)N2CCC[C@@H](N(C)CC(=O)O)CC2)c(C)c1. The van der Waals surface area contributed by atoms with Crippen LogP contribution in [0.5, 0.6) is 0 Å². The van der Waals surface area contributed by atoms with Gasteiger partial charge in [0.15, 0.2) is 0 Å². The fourth-order valence-electron chi connectivity index (χ4n) is 3.29. The fourth-order valence-corrected chi connectivity index (χ4v) is 3.29. The number of rotatable bonds is 4. The van der Waals surface area contributed by atoms with Crippen molar-refractivity contribution in [2.75, 3.05) is 26.7 Å². The Kier molecular flexibility index (Phi) is 5.77. The van der Waals surface area contributed by atoms with Gasteiger partial charge in [-0.25, -0.2) is 0 Å². The summed E-state index contributed by atoms with van der Waals surface area (Å²) < 4.78 is 0. The summed E-state index contributed by atoms with van der Waals surface area (Å²) in [6, 6.07) is 6.14. The quantitative estimate of drug-likeness (QED) is 0.925. The van der Waals surface area contributed by atoms with Gasteiger partial charge in [0.05, 0.1) is 6.54 Å². The topological polar surface area (TPSA) is 60.9 Å². The minimum absolute atomic E-state index is 0.0513. The maximum absolute atomic E-state index is 12.8. The number of aliphatic carboxylic acids is 1. The van der Waals surface area contributed by atoms with E-state index in [9.17, 15) is 9.59 Å². The van der Waals surface area contributed by atoms with E-state index in [1.165, 1.54) is 0 Å². The first-order valence-electron chi connectivity index (χ1n) is 8.17. The zero-order valence-corrected chi connectivity index (χ0v) is 14.2. The zero-order valence-electron chi connectivity index (χ0n) is 14.2. The second kappa shape index (κ2) is 7.59. The summed E-state index contributed by atoms with van der Waals surface area (Å²) in [5, 5.41) is 8.92. The largest absolute Gasteiger partial charge is 0.480 e. The van der Waals surface area contributed by atoms with Crippen molar-refractivity contribution in [3.8, 4) is 0 Å². The van der Waals surface area contributed by atoms with Crippen LogP contribution in [0.25, 0.3) is 0 Å². The van der Waals surface area contributed by atoms with E-state index in [1.807, 2.05) is 48.9 Å². The Bertz CT molecular complexity index is 586. The lowest BCUT2D eigenvalue weighted by Crippen LogP contribution is -2.37. The molecular formula is C18H26N2O3. The third-order valence-electron chi connectivity index (χ3n) is 4.61. The van der Waals surface area contributed by atoms with Crippen LogP contribution >= 0.6 is 0 Å². The van der Waals surface area contributed by atoms with Gasteiger partial charge < -0.3 is 10.0 Å². The minimum Gasteiger partial charge on any atom is -0.480 e. The summed E-state index contributed by atoms with van der Waals surface area (Å²) in [7, 11) is 1.85. The van der Waals surface area contributed by atoms with Crippen LogP contribution in [0.2, 0.25) is 0 Å². The second-order valence-corrected chi connectivity index (χ2v) is 6.50. The van der Waals surface area contributed by atoms with E-state index in [0.717, 1.165) is 42.5 Å². The van der Waals surface area contributed by atoms with Gasteiger partial charge in [0.25, 0.3) is 5.91 Å². The van der Waals surface area contributed by atoms with E-state index >= 15 is 0 Å². The highest BCUT2D eigenvalue weighted by atomic mass is 16.4. The van der Waals surface area contributed by atoms with Gasteiger partial charge in [0.1, 0.15) is 0 Å². The lowest BCUT2D eigenvalue weighted by atomic mass is 10.0. The van der Waals surface area contributed by atoms with Crippen LogP contribution < -0.4 is 0 Å². The number of likely N-dealkylation sites (N-methyl/N-ethyl adjacent to an activating group) is 1. The second-order valence-electron chi connectivity index (χ2n) is 6.50. The van der Waals surface area contributed by atoms with Crippen LogP contribution in [0, 0.1) is 13.8 Å². The lowest BCUT2D eigenvalue weighted by molar-refractivity contribution is -0.138. The van der Waals surface area contributed by atoms with Gasteiger partial charge in [-0.15, -0.1) is 0 Å². The number of hydrogen-bond acceptors (Lipinski definition) is 3.